The number of ketones is 1. The predicted octanol–water partition coefficient (Wildman–Crippen LogP) is 6.41. The highest BCUT2D eigenvalue weighted by Crippen LogP contribution is 2.65. The number of rotatable bonds is 5. The summed E-state index contributed by atoms with van der Waals surface area (Å²) in [5.41, 5.74) is 1.72. The van der Waals surface area contributed by atoms with Gasteiger partial charge >= 0.3 is 0 Å². The van der Waals surface area contributed by atoms with Crippen LogP contribution in [-0.2, 0) is 13.7 Å². The van der Waals surface area contributed by atoms with Gasteiger partial charge in [0.1, 0.15) is 5.78 Å². The average molecular weight is 447 g/mol. The molecule has 4 rings (SSSR count). The summed E-state index contributed by atoms with van der Waals surface area (Å²) >= 11 is 0. The van der Waals surface area contributed by atoms with E-state index in [2.05, 4.69) is 46.5 Å². The zero-order valence-corrected chi connectivity index (χ0v) is 22.1. The first kappa shape index (κ1) is 22.8. The number of hydrogen-bond acceptors (Lipinski definition) is 3. The second kappa shape index (κ2) is 7.88. The number of hydrogen-bond donors (Lipinski definition) is 0. The van der Waals surface area contributed by atoms with Crippen molar-refractivity contribution in [3.05, 3.63) is 11.6 Å². The van der Waals surface area contributed by atoms with Crippen LogP contribution in [-0.4, -0.2) is 28.9 Å². The molecule has 4 aliphatic rings. The lowest BCUT2D eigenvalue weighted by atomic mass is 9.47. The average Bonchev–Trinajstić information content (AvgIpc) is 2.96. The molecule has 168 valence electrons. The lowest BCUT2D eigenvalue weighted by Crippen LogP contribution is -2.56. The summed E-state index contributed by atoms with van der Waals surface area (Å²) in [5.74, 6) is 2.69. The molecule has 0 radical (unpaired) electrons. The van der Waals surface area contributed by atoms with Gasteiger partial charge in [0.25, 0.3) is 8.68 Å². The lowest BCUT2D eigenvalue weighted by molar-refractivity contribution is -0.134. The third kappa shape index (κ3) is 3.81. The number of Topliss-reactive ketones (excluding diaryl/α,β-unsaturated/α-hetero) is 1. The first-order chi connectivity index (χ1) is 14.0. The van der Waals surface area contributed by atoms with Crippen LogP contribution in [0.25, 0.3) is 0 Å². The Morgan fingerprint density at radius 3 is 2.43 bits per heavy atom. The van der Waals surface area contributed by atoms with E-state index >= 15 is 0 Å². The Hall–Kier alpha value is -0.396. The van der Waals surface area contributed by atoms with Crippen LogP contribution in [0.1, 0.15) is 65.7 Å². The molecule has 7 atom stereocenters. The zero-order chi connectivity index (χ0) is 21.9. The highest BCUT2D eigenvalue weighted by Gasteiger charge is 2.61. The Balaban J connectivity index is 1.70. The normalized spacial score (nSPS) is 43.5. The molecule has 30 heavy (non-hydrogen) atoms. The van der Waals surface area contributed by atoms with Gasteiger partial charge in [0, 0.05) is 11.8 Å². The molecule has 0 aromatic heterocycles. The fourth-order valence-electron chi connectivity index (χ4n) is 7.63. The van der Waals surface area contributed by atoms with E-state index in [0.29, 0.717) is 29.5 Å². The molecule has 0 aliphatic heterocycles. The van der Waals surface area contributed by atoms with Crippen molar-refractivity contribution in [3.8, 4) is 0 Å². The van der Waals surface area contributed by atoms with Gasteiger partial charge < -0.3 is 8.89 Å². The summed E-state index contributed by atoms with van der Waals surface area (Å²) in [6.45, 7) is 13.7. The van der Waals surface area contributed by atoms with E-state index in [1.165, 1.54) is 19.3 Å². The second-order valence-electron chi connectivity index (χ2n) is 12.2. The van der Waals surface area contributed by atoms with Crippen molar-refractivity contribution in [2.24, 2.45) is 34.5 Å². The van der Waals surface area contributed by atoms with Crippen LogP contribution in [0.15, 0.2) is 11.6 Å². The summed E-state index contributed by atoms with van der Waals surface area (Å²) in [6.07, 6.45) is 10.3. The SMILES string of the molecule is CC[Si](=O)C[C@H]1CC[C@@]2(C)C(=C[C@H](O[Si](C)(C)C)C3C2CC[C@]2(C)C(=O)CCC32)C1. The molecule has 4 aliphatic carbocycles. The van der Waals surface area contributed by atoms with Gasteiger partial charge in [-0.3, -0.25) is 4.79 Å². The maximum atomic E-state index is 12.9. The van der Waals surface area contributed by atoms with Gasteiger partial charge in [-0.1, -0.05) is 32.4 Å². The predicted molar refractivity (Wildman–Crippen MR) is 126 cm³/mol. The summed E-state index contributed by atoms with van der Waals surface area (Å²) in [6, 6.07) is 1.77. The third-order valence-electron chi connectivity index (χ3n) is 9.32. The quantitative estimate of drug-likeness (QED) is 0.362. The molecule has 0 spiro atoms. The summed E-state index contributed by atoms with van der Waals surface area (Å²) in [5, 5.41) is 0. The lowest BCUT2D eigenvalue weighted by Gasteiger charge is -2.59. The van der Waals surface area contributed by atoms with Crippen molar-refractivity contribution in [3.63, 3.8) is 0 Å². The molecule has 0 bridgehead atoms. The van der Waals surface area contributed by atoms with E-state index in [1.54, 1.807) is 5.57 Å². The molecule has 0 N–H and O–H groups in total. The minimum absolute atomic E-state index is 0.123. The van der Waals surface area contributed by atoms with Crippen molar-refractivity contribution in [2.75, 3.05) is 0 Å². The van der Waals surface area contributed by atoms with Crippen LogP contribution in [0.5, 0.6) is 0 Å². The second-order valence-corrected chi connectivity index (χ2v) is 18.9. The van der Waals surface area contributed by atoms with E-state index in [1.807, 2.05) is 0 Å². The van der Waals surface area contributed by atoms with Gasteiger partial charge in [0.05, 0.1) is 6.10 Å². The molecule has 3 nitrogen and oxygen atoms in total. The standard InChI is InChI=1S/C25H42O3Si2/c1-7-29(27)16-17-10-12-24(2)18(14-17)15-21(28-30(4,5)6)23-19-8-9-22(26)25(19,3)13-11-20(23)24/h15,17,19-21,23H,7-14,16H2,1-6H3/t17-,19?,20?,21-,23?,24-,25-/m0/s1. The number of carbonyl (C=O) groups is 1. The van der Waals surface area contributed by atoms with Crippen LogP contribution < -0.4 is 0 Å². The molecule has 0 aromatic rings. The Morgan fingerprint density at radius 2 is 1.77 bits per heavy atom. The highest BCUT2D eigenvalue weighted by atomic mass is 28.4. The van der Waals surface area contributed by atoms with Crippen molar-refractivity contribution in [1.29, 1.82) is 0 Å². The van der Waals surface area contributed by atoms with E-state index in [0.717, 1.165) is 37.8 Å². The van der Waals surface area contributed by atoms with Crippen molar-refractivity contribution >= 4 is 22.8 Å². The molecule has 0 heterocycles. The molecule has 0 amide bonds. The number of fused-ring (bicyclic) bond motifs is 5. The smallest absolute Gasteiger partial charge is 0.276 e. The summed E-state index contributed by atoms with van der Waals surface area (Å²) in [4.78, 5) is 12.9. The molecule has 3 fully saturated rings. The van der Waals surface area contributed by atoms with Gasteiger partial charge in [-0.15, -0.1) is 0 Å². The van der Waals surface area contributed by atoms with Crippen LogP contribution in [0.4, 0.5) is 0 Å². The van der Waals surface area contributed by atoms with Gasteiger partial charge in [-0.05, 0) is 99.3 Å². The van der Waals surface area contributed by atoms with Crippen LogP contribution in [0.3, 0.4) is 0 Å². The Kier molecular flexibility index (Phi) is 5.98. The van der Waals surface area contributed by atoms with Gasteiger partial charge in [-0.25, -0.2) is 0 Å². The molecule has 3 saturated carbocycles. The largest absolute Gasteiger partial charge is 0.411 e. The summed E-state index contributed by atoms with van der Waals surface area (Å²) < 4.78 is 19.2. The topological polar surface area (TPSA) is 43.4 Å². The Morgan fingerprint density at radius 1 is 1.10 bits per heavy atom. The molecular weight excluding hydrogens is 404 g/mol. The van der Waals surface area contributed by atoms with Crippen molar-refractivity contribution < 1.29 is 13.7 Å². The third-order valence-corrected chi connectivity index (χ3v) is 12.1. The van der Waals surface area contributed by atoms with Crippen LogP contribution >= 0.6 is 0 Å². The van der Waals surface area contributed by atoms with Crippen LogP contribution in [0.2, 0.25) is 31.7 Å². The minimum atomic E-state index is -1.71. The van der Waals surface area contributed by atoms with Crippen LogP contribution in [0, 0.1) is 34.5 Å². The van der Waals surface area contributed by atoms with E-state index in [4.69, 9.17) is 4.43 Å². The molecule has 0 aromatic carbocycles. The number of carbonyl (C=O) groups excluding carboxylic acids is 1. The molecule has 5 heteroatoms. The maximum absolute atomic E-state index is 12.9. The van der Waals surface area contributed by atoms with E-state index in [-0.39, 0.29) is 16.9 Å². The summed E-state index contributed by atoms with van der Waals surface area (Å²) in [7, 11) is -3.12. The molecule has 3 unspecified atom stereocenters. The molecular formula is C25H42O3Si2. The highest BCUT2D eigenvalue weighted by molar-refractivity contribution is 6.69. The van der Waals surface area contributed by atoms with Gasteiger partial charge in [0.2, 0.25) is 0 Å². The zero-order valence-electron chi connectivity index (χ0n) is 20.1. The molecule has 0 saturated heterocycles. The number of allylic oxidation sites excluding steroid dienone is 1. The first-order valence-electron chi connectivity index (χ1n) is 12.4. The van der Waals surface area contributed by atoms with Gasteiger partial charge in [0.15, 0.2) is 8.32 Å². The van der Waals surface area contributed by atoms with E-state index in [9.17, 15) is 9.26 Å². The van der Waals surface area contributed by atoms with Crippen molar-refractivity contribution in [1.82, 2.24) is 0 Å². The van der Waals surface area contributed by atoms with Crippen molar-refractivity contribution in [2.45, 2.75) is 104 Å². The fourth-order valence-corrected chi connectivity index (χ4v) is 9.96. The first-order valence-corrected chi connectivity index (χ1v) is 17.6. The Labute approximate surface area is 186 Å². The monoisotopic (exact) mass is 446 g/mol. The maximum Gasteiger partial charge on any atom is 0.276 e. The fraction of sp³-hybridized carbons (Fsp3) is 0.880. The Bertz CT molecular complexity index is 754. The van der Waals surface area contributed by atoms with Gasteiger partial charge in [-0.2, -0.15) is 0 Å². The minimum Gasteiger partial charge on any atom is -0.411 e. The van der Waals surface area contributed by atoms with E-state index < -0.39 is 17.0 Å².